The van der Waals surface area contributed by atoms with E-state index in [1.54, 1.807) is 0 Å². The molecule has 112 valence electrons. The van der Waals surface area contributed by atoms with E-state index in [4.69, 9.17) is 9.47 Å². The van der Waals surface area contributed by atoms with Crippen LogP contribution < -0.4 is 5.32 Å². The van der Waals surface area contributed by atoms with E-state index in [0.717, 1.165) is 39.4 Å². The molecule has 0 radical (unpaired) electrons. The first-order valence-corrected chi connectivity index (χ1v) is 8.00. The van der Waals surface area contributed by atoms with Crippen molar-refractivity contribution in [2.45, 2.75) is 57.8 Å². The van der Waals surface area contributed by atoms with E-state index in [-0.39, 0.29) is 6.10 Å². The van der Waals surface area contributed by atoms with Crippen LogP contribution >= 0.6 is 0 Å². The predicted molar refractivity (Wildman–Crippen MR) is 77.5 cm³/mol. The van der Waals surface area contributed by atoms with E-state index in [1.165, 1.54) is 25.7 Å². The summed E-state index contributed by atoms with van der Waals surface area (Å²) in [6, 6.07) is 0.714. The summed E-state index contributed by atoms with van der Waals surface area (Å²) in [7, 11) is 0. The number of hydrogen-bond acceptors (Lipinski definition) is 4. The summed E-state index contributed by atoms with van der Waals surface area (Å²) in [4.78, 5) is 2.44. The summed E-state index contributed by atoms with van der Waals surface area (Å²) >= 11 is 0. The molecule has 0 spiro atoms. The molecule has 1 saturated carbocycles. The Morgan fingerprint density at radius 2 is 2.00 bits per heavy atom. The minimum Gasteiger partial charge on any atom is -0.375 e. The fraction of sp³-hybridized carbons (Fsp3) is 1.00. The van der Waals surface area contributed by atoms with E-state index in [2.05, 4.69) is 24.1 Å². The van der Waals surface area contributed by atoms with Crippen molar-refractivity contribution < 1.29 is 9.47 Å². The van der Waals surface area contributed by atoms with Gasteiger partial charge in [-0.25, -0.2) is 0 Å². The molecule has 0 aromatic carbocycles. The molecule has 2 aliphatic rings. The number of rotatable bonds is 6. The van der Waals surface area contributed by atoms with Crippen LogP contribution in [0, 0.1) is 0 Å². The third-order valence-electron chi connectivity index (χ3n) is 4.35. The number of ether oxygens (including phenoxy) is 2. The highest BCUT2D eigenvalue weighted by atomic mass is 16.5. The number of hydrogen-bond donors (Lipinski definition) is 1. The molecule has 1 N–H and O–H groups in total. The maximum Gasteiger partial charge on any atom is 0.0935 e. The van der Waals surface area contributed by atoms with Crippen LogP contribution in [0.2, 0.25) is 0 Å². The van der Waals surface area contributed by atoms with Crippen molar-refractivity contribution in [1.82, 2.24) is 10.2 Å². The molecule has 19 heavy (non-hydrogen) atoms. The lowest BCUT2D eigenvalue weighted by Crippen LogP contribution is -2.45. The van der Waals surface area contributed by atoms with Gasteiger partial charge in [0.15, 0.2) is 0 Å². The Bertz CT molecular complexity index is 242. The molecule has 1 atom stereocenters. The first-order chi connectivity index (χ1) is 9.31. The second kappa shape index (κ2) is 8.20. The Hall–Kier alpha value is -0.160. The minimum absolute atomic E-state index is 0.278. The third kappa shape index (κ3) is 5.03. The maximum atomic E-state index is 6.06. The SMILES string of the molecule is CCNC1CCC(OCC2CN(CC)CCO2)CC1. The fourth-order valence-corrected chi connectivity index (χ4v) is 3.13. The van der Waals surface area contributed by atoms with Crippen molar-refractivity contribution in [2.75, 3.05) is 39.4 Å². The molecule has 1 saturated heterocycles. The number of morpholine rings is 1. The van der Waals surface area contributed by atoms with E-state index in [0.29, 0.717) is 12.1 Å². The van der Waals surface area contributed by atoms with Crippen LogP contribution in [0.15, 0.2) is 0 Å². The molecule has 4 heteroatoms. The lowest BCUT2D eigenvalue weighted by atomic mass is 9.93. The molecular formula is C15H30N2O2. The molecule has 0 amide bonds. The number of nitrogens with zero attached hydrogens (tertiary/aromatic N) is 1. The topological polar surface area (TPSA) is 33.7 Å². The second-order valence-corrected chi connectivity index (χ2v) is 5.75. The predicted octanol–water partition coefficient (Wildman–Crippen LogP) is 1.64. The Balaban J connectivity index is 1.61. The molecule has 0 bridgehead atoms. The Morgan fingerprint density at radius 1 is 1.21 bits per heavy atom. The highest BCUT2D eigenvalue weighted by Gasteiger charge is 2.24. The molecule has 1 aliphatic heterocycles. The molecule has 1 heterocycles. The lowest BCUT2D eigenvalue weighted by Gasteiger charge is -2.34. The molecule has 0 aromatic heterocycles. The van der Waals surface area contributed by atoms with Crippen LogP contribution in [0.25, 0.3) is 0 Å². The van der Waals surface area contributed by atoms with E-state index in [1.807, 2.05) is 0 Å². The van der Waals surface area contributed by atoms with Crippen LogP contribution in [-0.2, 0) is 9.47 Å². The van der Waals surface area contributed by atoms with Gasteiger partial charge in [-0.2, -0.15) is 0 Å². The van der Waals surface area contributed by atoms with Crippen molar-refractivity contribution in [3.05, 3.63) is 0 Å². The Kier molecular flexibility index (Phi) is 6.57. The van der Waals surface area contributed by atoms with Gasteiger partial charge in [-0.1, -0.05) is 13.8 Å². The van der Waals surface area contributed by atoms with Crippen molar-refractivity contribution >= 4 is 0 Å². The minimum atomic E-state index is 0.278. The highest BCUT2D eigenvalue weighted by molar-refractivity contribution is 4.78. The molecule has 1 aliphatic carbocycles. The quantitative estimate of drug-likeness (QED) is 0.795. The van der Waals surface area contributed by atoms with E-state index < -0.39 is 0 Å². The van der Waals surface area contributed by atoms with Gasteiger partial charge in [0.1, 0.15) is 0 Å². The van der Waals surface area contributed by atoms with Crippen molar-refractivity contribution in [1.29, 1.82) is 0 Å². The Morgan fingerprint density at radius 3 is 2.68 bits per heavy atom. The van der Waals surface area contributed by atoms with Crippen LogP contribution in [0.4, 0.5) is 0 Å². The standard InChI is InChI=1S/C15H30N2O2/c1-3-16-13-5-7-14(8-6-13)19-12-15-11-17(4-2)9-10-18-15/h13-16H,3-12H2,1-2H3. The average molecular weight is 270 g/mol. The number of likely N-dealkylation sites (N-methyl/N-ethyl adjacent to an activating group) is 1. The van der Waals surface area contributed by atoms with Crippen molar-refractivity contribution in [3.63, 3.8) is 0 Å². The maximum absolute atomic E-state index is 6.06. The van der Waals surface area contributed by atoms with Gasteiger partial charge in [-0.3, -0.25) is 4.90 Å². The van der Waals surface area contributed by atoms with Gasteiger partial charge in [-0.05, 0) is 38.8 Å². The van der Waals surface area contributed by atoms with Gasteiger partial charge in [0.25, 0.3) is 0 Å². The van der Waals surface area contributed by atoms with Gasteiger partial charge >= 0.3 is 0 Å². The van der Waals surface area contributed by atoms with Crippen molar-refractivity contribution in [3.8, 4) is 0 Å². The average Bonchev–Trinajstić information content (AvgIpc) is 2.47. The zero-order chi connectivity index (χ0) is 13.5. The first kappa shape index (κ1) is 15.2. The van der Waals surface area contributed by atoms with E-state index in [9.17, 15) is 0 Å². The summed E-state index contributed by atoms with van der Waals surface area (Å²) in [5, 5.41) is 3.54. The molecule has 2 rings (SSSR count). The molecule has 0 aromatic rings. The normalized spacial score (nSPS) is 33.5. The van der Waals surface area contributed by atoms with Gasteiger partial charge in [-0.15, -0.1) is 0 Å². The Labute approximate surface area is 117 Å². The summed E-state index contributed by atoms with van der Waals surface area (Å²) in [6.07, 6.45) is 5.63. The van der Waals surface area contributed by atoms with Crippen molar-refractivity contribution in [2.24, 2.45) is 0 Å². The van der Waals surface area contributed by atoms with Gasteiger partial charge in [0, 0.05) is 19.1 Å². The lowest BCUT2D eigenvalue weighted by molar-refractivity contribution is -0.0900. The zero-order valence-electron chi connectivity index (χ0n) is 12.6. The van der Waals surface area contributed by atoms with E-state index >= 15 is 0 Å². The monoisotopic (exact) mass is 270 g/mol. The van der Waals surface area contributed by atoms with Crippen LogP contribution in [0.1, 0.15) is 39.5 Å². The zero-order valence-corrected chi connectivity index (χ0v) is 12.6. The van der Waals surface area contributed by atoms with Crippen LogP contribution in [-0.4, -0.2) is 62.5 Å². The summed E-state index contributed by atoms with van der Waals surface area (Å²) in [5.74, 6) is 0. The third-order valence-corrected chi connectivity index (χ3v) is 4.35. The van der Waals surface area contributed by atoms with Gasteiger partial charge in [0.05, 0.1) is 25.4 Å². The van der Waals surface area contributed by atoms with Crippen LogP contribution in [0.3, 0.4) is 0 Å². The summed E-state index contributed by atoms with van der Waals surface area (Å²) < 4.78 is 11.8. The highest BCUT2D eigenvalue weighted by Crippen LogP contribution is 2.21. The molecule has 4 nitrogen and oxygen atoms in total. The van der Waals surface area contributed by atoms with Crippen LogP contribution in [0.5, 0.6) is 0 Å². The molecule has 1 unspecified atom stereocenters. The van der Waals surface area contributed by atoms with Gasteiger partial charge < -0.3 is 14.8 Å². The van der Waals surface area contributed by atoms with Gasteiger partial charge in [0.2, 0.25) is 0 Å². The molecular weight excluding hydrogens is 240 g/mol. The fourth-order valence-electron chi connectivity index (χ4n) is 3.13. The second-order valence-electron chi connectivity index (χ2n) is 5.75. The smallest absolute Gasteiger partial charge is 0.0935 e. The molecule has 2 fully saturated rings. The summed E-state index contributed by atoms with van der Waals surface area (Å²) in [6.45, 7) is 10.3. The summed E-state index contributed by atoms with van der Waals surface area (Å²) in [5.41, 5.74) is 0. The number of nitrogens with one attached hydrogen (secondary N) is 1. The largest absolute Gasteiger partial charge is 0.375 e. The first-order valence-electron chi connectivity index (χ1n) is 8.00.